The van der Waals surface area contributed by atoms with Crippen LogP contribution in [-0.2, 0) is 21.4 Å². The van der Waals surface area contributed by atoms with Crippen LogP contribution in [0.4, 0.5) is 8.78 Å². The molecule has 4 aromatic rings. The molecule has 1 spiro atoms. The molecule has 16 heteroatoms. The Labute approximate surface area is 307 Å². The normalized spacial score (nSPS) is 19.2. The summed E-state index contributed by atoms with van der Waals surface area (Å²) < 4.78 is 71.1. The Balaban J connectivity index is 1.22. The SMILES string of the molecule is Cc1ccc(C(c2ccn3c(C(F)F)nnc3c2C)C(C)(C)C(=O)O)nc1CN1CC2(CC2)Oc2nc(OCCN3CCCCC3)c(C)cc2S1(=O)=O. The lowest BCUT2D eigenvalue weighted by atomic mass is 9.72. The Morgan fingerprint density at radius 1 is 1.06 bits per heavy atom. The highest BCUT2D eigenvalue weighted by molar-refractivity contribution is 7.89. The first kappa shape index (κ1) is 37.1. The molecule has 0 bridgehead atoms. The molecule has 1 saturated heterocycles. The fourth-order valence-corrected chi connectivity index (χ4v) is 9.04. The third-order valence-electron chi connectivity index (χ3n) is 10.9. The number of aryl methyl sites for hydroxylation is 3. The quantitative estimate of drug-likeness (QED) is 0.204. The van der Waals surface area contributed by atoms with Crippen LogP contribution < -0.4 is 9.47 Å². The smallest absolute Gasteiger partial charge is 0.310 e. The number of carboxylic acids is 1. The van der Waals surface area contributed by atoms with E-state index in [0.717, 1.165) is 19.6 Å². The van der Waals surface area contributed by atoms with Gasteiger partial charge in [0.1, 0.15) is 17.1 Å². The van der Waals surface area contributed by atoms with E-state index >= 15 is 0 Å². The van der Waals surface area contributed by atoms with Crippen molar-refractivity contribution in [2.45, 2.75) is 96.1 Å². The van der Waals surface area contributed by atoms with Crippen LogP contribution in [0.15, 0.2) is 35.4 Å². The summed E-state index contributed by atoms with van der Waals surface area (Å²) in [6.07, 6.45) is 3.45. The summed E-state index contributed by atoms with van der Waals surface area (Å²) in [5.74, 6) is -2.10. The molecular weight excluding hydrogens is 709 g/mol. The number of carbonyl (C=O) groups is 1. The molecule has 4 aromatic heterocycles. The lowest BCUT2D eigenvalue weighted by Crippen LogP contribution is -2.38. The molecule has 3 aliphatic rings. The summed E-state index contributed by atoms with van der Waals surface area (Å²) in [7, 11) is -4.14. The zero-order chi connectivity index (χ0) is 37.9. The van der Waals surface area contributed by atoms with E-state index in [1.807, 2.05) is 6.92 Å². The van der Waals surface area contributed by atoms with Gasteiger partial charge in [0.2, 0.25) is 27.6 Å². The Bertz CT molecular complexity index is 2170. The van der Waals surface area contributed by atoms with Gasteiger partial charge in [-0.05, 0) is 108 Å². The largest absolute Gasteiger partial charge is 0.481 e. The highest BCUT2D eigenvalue weighted by atomic mass is 32.2. The van der Waals surface area contributed by atoms with Crippen molar-refractivity contribution in [3.05, 3.63) is 69.9 Å². The number of alkyl halides is 2. The lowest BCUT2D eigenvalue weighted by Gasteiger charge is -2.32. The zero-order valence-corrected chi connectivity index (χ0v) is 31.4. The predicted molar refractivity (Wildman–Crippen MR) is 190 cm³/mol. The number of fused-ring (bicyclic) bond motifs is 2. The number of rotatable bonds is 11. The fourth-order valence-electron chi connectivity index (χ4n) is 7.43. The number of sulfonamides is 1. The number of hydrogen-bond donors (Lipinski definition) is 1. The predicted octanol–water partition coefficient (Wildman–Crippen LogP) is 5.61. The van der Waals surface area contributed by atoms with Gasteiger partial charge in [-0.2, -0.15) is 9.29 Å². The molecular formula is C37H45F2N7O6S. The number of piperidine rings is 1. The molecule has 284 valence electrons. The van der Waals surface area contributed by atoms with Gasteiger partial charge in [0, 0.05) is 29.9 Å². The fraction of sp³-hybridized carbons (Fsp3) is 0.541. The third kappa shape index (κ3) is 6.96. The molecule has 13 nitrogen and oxygen atoms in total. The standard InChI is InChI=1S/C37H45F2N7O6S/c1-22-9-10-26(29(36(4,5)35(47)48)25-11-16-46-31(24(25)3)42-43-32(46)30(38)39)40-27(22)20-45-21-37(12-13-37)52-34-28(53(45,49)50)19-23(2)33(41-34)51-18-17-44-14-7-6-8-15-44/h9-11,16,19,29-30H,6-8,12-15,17-18,20-21H2,1-5H3,(H,47,48). The van der Waals surface area contributed by atoms with Gasteiger partial charge in [-0.15, -0.1) is 10.2 Å². The lowest BCUT2D eigenvalue weighted by molar-refractivity contribution is -0.147. The molecule has 0 aromatic carbocycles. The first-order chi connectivity index (χ1) is 25.1. The molecule has 2 fully saturated rings. The van der Waals surface area contributed by atoms with Crippen LogP contribution in [0.1, 0.15) is 97.8 Å². The summed E-state index contributed by atoms with van der Waals surface area (Å²) in [6, 6.07) is 6.68. The first-order valence-electron chi connectivity index (χ1n) is 18.0. The highest BCUT2D eigenvalue weighted by Crippen LogP contribution is 2.47. The van der Waals surface area contributed by atoms with Crippen LogP contribution in [0.3, 0.4) is 0 Å². The minimum atomic E-state index is -4.14. The molecule has 6 heterocycles. The maximum absolute atomic E-state index is 14.4. The number of hydrogen-bond acceptors (Lipinski definition) is 10. The maximum Gasteiger partial charge on any atom is 0.310 e. The third-order valence-corrected chi connectivity index (χ3v) is 12.7. The average molecular weight is 754 g/mol. The van der Waals surface area contributed by atoms with Crippen molar-refractivity contribution >= 4 is 21.6 Å². The van der Waals surface area contributed by atoms with Crippen LogP contribution in [0.25, 0.3) is 5.65 Å². The molecule has 1 atom stereocenters. The first-order valence-corrected chi connectivity index (χ1v) is 19.4. The van der Waals surface area contributed by atoms with E-state index in [0.29, 0.717) is 59.0 Å². The van der Waals surface area contributed by atoms with Gasteiger partial charge in [-0.1, -0.05) is 12.5 Å². The van der Waals surface area contributed by atoms with Crippen molar-refractivity contribution in [3.63, 3.8) is 0 Å². The van der Waals surface area contributed by atoms with Gasteiger partial charge >= 0.3 is 5.97 Å². The van der Waals surface area contributed by atoms with Crippen molar-refractivity contribution in [1.82, 2.24) is 33.8 Å². The van der Waals surface area contributed by atoms with Crippen molar-refractivity contribution in [2.75, 3.05) is 32.8 Å². The van der Waals surface area contributed by atoms with Gasteiger partial charge in [0.25, 0.3) is 6.43 Å². The number of carboxylic acid groups (broad SMARTS) is 1. The summed E-state index contributed by atoms with van der Waals surface area (Å²) in [5, 5.41) is 18.1. The monoisotopic (exact) mass is 753 g/mol. The molecule has 1 N–H and O–H groups in total. The second-order valence-electron chi connectivity index (χ2n) is 15.1. The van der Waals surface area contributed by atoms with Gasteiger partial charge in [-0.25, -0.2) is 17.2 Å². The molecule has 1 unspecified atom stereocenters. The van der Waals surface area contributed by atoms with Crippen molar-refractivity contribution in [3.8, 4) is 11.8 Å². The van der Waals surface area contributed by atoms with Crippen molar-refractivity contribution in [1.29, 1.82) is 0 Å². The van der Waals surface area contributed by atoms with Crippen LogP contribution in [0, 0.1) is 26.2 Å². The molecule has 0 amide bonds. The van der Waals surface area contributed by atoms with Crippen LogP contribution in [0.2, 0.25) is 0 Å². The summed E-state index contributed by atoms with van der Waals surface area (Å²) in [5.41, 5.74) is 1.14. The minimum Gasteiger partial charge on any atom is -0.481 e. The van der Waals surface area contributed by atoms with E-state index in [1.54, 1.807) is 52.0 Å². The number of aromatic nitrogens is 5. The number of nitrogens with zero attached hydrogens (tertiary/aromatic N) is 7. The second kappa shape index (κ2) is 13.9. The highest BCUT2D eigenvalue weighted by Gasteiger charge is 2.53. The summed E-state index contributed by atoms with van der Waals surface area (Å²) in [4.78, 5) is 24.7. The average Bonchev–Trinajstić information content (AvgIpc) is 3.73. The van der Waals surface area contributed by atoms with Gasteiger partial charge in [0.15, 0.2) is 5.65 Å². The topological polar surface area (TPSA) is 152 Å². The zero-order valence-electron chi connectivity index (χ0n) is 30.6. The molecule has 1 aliphatic carbocycles. The summed E-state index contributed by atoms with van der Waals surface area (Å²) >= 11 is 0. The van der Waals surface area contributed by atoms with E-state index in [4.69, 9.17) is 14.5 Å². The minimum absolute atomic E-state index is 0.0274. The number of ether oxygens (including phenoxy) is 2. The van der Waals surface area contributed by atoms with E-state index in [2.05, 4.69) is 20.1 Å². The Morgan fingerprint density at radius 2 is 1.79 bits per heavy atom. The van der Waals surface area contributed by atoms with E-state index in [1.165, 1.54) is 34.2 Å². The second-order valence-corrected chi connectivity index (χ2v) is 17.0. The van der Waals surface area contributed by atoms with Crippen LogP contribution in [0.5, 0.6) is 11.8 Å². The molecule has 53 heavy (non-hydrogen) atoms. The Hall–Kier alpha value is -4.28. The number of likely N-dealkylation sites (tertiary alicyclic amines) is 1. The number of aliphatic carboxylic acids is 1. The molecule has 1 saturated carbocycles. The molecule has 0 radical (unpaired) electrons. The maximum atomic E-state index is 14.4. The van der Waals surface area contributed by atoms with Gasteiger partial charge in [0.05, 0.1) is 24.2 Å². The number of pyridine rings is 3. The number of halogens is 2. The van der Waals surface area contributed by atoms with Crippen LogP contribution >= 0.6 is 0 Å². The van der Waals surface area contributed by atoms with Crippen molar-refractivity contribution in [2.24, 2.45) is 5.41 Å². The van der Waals surface area contributed by atoms with E-state index in [9.17, 15) is 27.1 Å². The Kier molecular flexibility index (Phi) is 9.68. The van der Waals surface area contributed by atoms with Gasteiger partial charge < -0.3 is 14.6 Å². The Morgan fingerprint density at radius 3 is 2.47 bits per heavy atom. The van der Waals surface area contributed by atoms with Crippen LogP contribution in [-0.4, -0.2) is 91.7 Å². The van der Waals surface area contributed by atoms with Gasteiger partial charge in [-0.3, -0.25) is 19.1 Å². The van der Waals surface area contributed by atoms with Crippen molar-refractivity contribution < 1.29 is 36.6 Å². The van der Waals surface area contributed by atoms with E-state index in [-0.39, 0.29) is 29.5 Å². The summed E-state index contributed by atoms with van der Waals surface area (Å²) in [6.45, 7) is 11.7. The van der Waals surface area contributed by atoms with E-state index < -0.39 is 45.2 Å². The molecule has 7 rings (SSSR count). The molecule has 2 aliphatic heterocycles.